The van der Waals surface area contributed by atoms with E-state index in [0.717, 1.165) is 12.0 Å². The van der Waals surface area contributed by atoms with Crippen LogP contribution < -0.4 is 10.6 Å². The molecule has 8 heteroatoms. The zero-order valence-corrected chi connectivity index (χ0v) is 14.7. The van der Waals surface area contributed by atoms with E-state index in [1.54, 1.807) is 11.3 Å². The van der Waals surface area contributed by atoms with E-state index in [0.29, 0.717) is 13.1 Å². The molecule has 1 aliphatic rings. The van der Waals surface area contributed by atoms with Crippen molar-refractivity contribution in [2.24, 2.45) is 0 Å². The monoisotopic (exact) mass is 367 g/mol. The average Bonchev–Trinajstić information content (AvgIpc) is 3.32. The summed E-state index contributed by atoms with van der Waals surface area (Å²) in [6.45, 7) is 0.931. The first kappa shape index (κ1) is 16.5. The van der Waals surface area contributed by atoms with Crippen molar-refractivity contribution in [1.82, 2.24) is 25.6 Å². The summed E-state index contributed by atoms with van der Waals surface area (Å²) in [5.41, 5.74) is 1.27. The number of nitrogens with zero attached hydrogens (tertiary/aromatic N) is 3. The van der Waals surface area contributed by atoms with Crippen LogP contribution in [0, 0.1) is 0 Å². The van der Waals surface area contributed by atoms with Gasteiger partial charge in [-0.15, -0.1) is 16.4 Å². The van der Waals surface area contributed by atoms with Gasteiger partial charge in [0.2, 0.25) is 0 Å². The van der Waals surface area contributed by atoms with Gasteiger partial charge in [0.15, 0.2) is 11.4 Å². The largest absolute Gasteiger partial charge is 0.350 e. The maximum atomic E-state index is 12.5. The highest BCUT2D eigenvalue weighted by Crippen LogP contribution is 2.21. The highest BCUT2D eigenvalue weighted by molar-refractivity contribution is 7.09. The molecule has 2 amide bonds. The second-order valence-corrected chi connectivity index (χ2v) is 7.02. The molecule has 0 unspecified atom stereocenters. The van der Waals surface area contributed by atoms with Crippen molar-refractivity contribution in [2.45, 2.75) is 19.0 Å². The molecule has 26 heavy (non-hydrogen) atoms. The van der Waals surface area contributed by atoms with E-state index >= 15 is 0 Å². The Morgan fingerprint density at radius 1 is 1.27 bits per heavy atom. The number of thiophene rings is 1. The lowest BCUT2D eigenvalue weighted by atomic mass is 10.0. The number of nitrogens with one attached hydrogen (secondary N) is 2. The molecule has 132 valence electrons. The van der Waals surface area contributed by atoms with Gasteiger partial charge in [-0.25, -0.2) is 4.68 Å². The maximum absolute atomic E-state index is 12.5. The number of carbonyl (C=O) groups is 2. The molecule has 0 radical (unpaired) electrons. The molecule has 0 saturated carbocycles. The topological polar surface area (TPSA) is 88.9 Å². The SMILES string of the molecule is O=C(NCCc1cccs1)c1nnn2c1C(=O)N[C@@H](c1ccccc1)C2. The Labute approximate surface area is 154 Å². The van der Waals surface area contributed by atoms with Gasteiger partial charge in [0.05, 0.1) is 12.6 Å². The number of rotatable bonds is 5. The zero-order valence-electron chi connectivity index (χ0n) is 13.9. The van der Waals surface area contributed by atoms with Crippen LogP contribution in [-0.2, 0) is 13.0 Å². The first-order chi connectivity index (χ1) is 12.7. The van der Waals surface area contributed by atoms with Gasteiger partial charge in [0, 0.05) is 11.4 Å². The summed E-state index contributed by atoms with van der Waals surface area (Å²) in [5, 5.41) is 15.7. The van der Waals surface area contributed by atoms with Crippen LogP contribution in [0.15, 0.2) is 47.8 Å². The van der Waals surface area contributed by atoms with Gasteiger partial charge in [0.25, 0.3) is 11.8 Å². The molecule has 0 aliphatic carbocycles. The third-order valence-electron chi connectivity index (χ3n) is 4.27. The second kappa shape index (κ2) is 7.09. The Bertz CT molecular complexity index is 920. The molecular formula is C18H17N5O2S. The third kappa shape index (κ3) is 3.23. The molecular weight excluding hydrogens is 350 g/mol. The fourth-order valence-corrected chi connectivity index (χ4v) is 3.68. The van der Waals surface area contributed by atoms with Gasteiger partial charge < -0.3 is 10.6 Å². The van der Waals surface area contributed by atoms with E-state index in [9.17, 15) is 9.59 Å². The molecule has 0 spiro atoms. The van der Waals surface area contributed by atoms with E-state index in [4.69, 9.17) is 0 Å². The summed E-state index contributed by atoms with van der Waals surface area (Å²) in [6, 6.07) is 13.5. The number of hydrogen-bond donors (Lipinski definition) is 2. The van der Waals surface area contributed by atoms with Crippen molar-refractivity contribution in [3.05, 3.63) is 69.7 Å². The quantitative estimate of drug-likeness (QED) is 0.720. The fourth-order valence-electron chi connectivity index (χ4n) is 2.98. The van der Waals surface area contributed by atoms with Crippen LogP contribution in [-0.4, -0.2) is 33.4 Å². The number of aromatic nitrogens is 3. The Hall–Kier alpha value is -3.00. The minimum atomic E-state index is -0.379. The highest BCUT2D eigenvalue weighted by Gasteiger charge is 2.32. The van der Waals surface area contributed by atoms with E-state index in [2.05, 4.69) is 20.9 Å². The molecule has 7 nitrogen and oxygen atoms in total. The maximum Gasteiger partial charge on any atom is 0.274 e. The Morgan fingerprint density at radius 2 is 2.12 bits per heavy atom. The van der Waals surface area contributed by atoms with Crippen molar-refractivity contribution in [1.29, 1.82) is 0 Å². The third-order valence-corrected chi connectivity index (χ3v) is 5.20. The molecule has 1 aromatic carbocycles. The lowest BCUT2D eigenvalue weighted by Crippen LogP contribution is -2.40. The van der Waals surface area contributed by atoms with E-state index < -0.39 is 0 Å². The van der Waals surface area contributed by atoms with Crippen molar-refractivity contribution < 1.29 is 9.59 Å². The van der Waals surface area contributed by atoms with Crippen LogP contribution in [0.1, 0.15) is 37.5 Å². The summed E-state index contributed by atoms with van der Waals surface area (Å²) < 4.78 is 1.50. The van der Waals surface area contributed by atoms with Gasteiger partial charge in [-0.3, -0.25) is 9.59 Å². The van der Waals surface area contributed by atoms with Gasteiger partial charge in [-0.05, 0) is 23.4 Å². The predicted octanol–water partition coefficient (Wildman–Crippen LogP) is 1.80. The average molecular weight is 367 g/mol. The van der Waals surface area contributed by atoms with Gasteiger partial charge >= 0.3 is 0 Å². The van der Waals surface area contributed by atoms with Crippen molar-refractivity contribution in [2.75, 3.05) is 6.54 Å². The van der Waals surface area contributed by atoms with E-state index in [1.807, 2.05) is 47.8 Å². The molecule has 0 bridgehead atoms. The molecule has 0 saturated heterocycles. The lowest BCUT2D eigenvalue weighted by molar-refractivity contribution is 0.0876. The van der Waals surface area contributed by atoms with Gasteiger partial charge in [-0.2, -0.15) is 0 Å². The summed E-state index contributed by atoms with van der Waals surface area (Å²) in [4.78, 5) is 26.1. The van der Waals surface area contributed by atoms with Crippen molar-refractivity contribution in [3.63, 3.8) is 0 Å². The van der Waals surface area contributed by atoms with E-state index in [1.165, 1.54) is 9.56 Å². The number of amides is 2. The Morgan fingerprint density at radius 3 is 2.88 bits per heavy atom. The summed E-state index contributed by atoms with van der Waals surface area (Å²) in [5.74, 6) is -0.713. The number of fused-ring (bicyclic) bond motifs is 1. The van der Waals surface area contributed by atoms with Crippen molar-refractivity contribution in [3.8, 4) is 0 Å². The first-order valence-electron chi connectivity index (χ1n) is 8.32. The number of hydrogen-bond acceptors (Lipinski definition) is 5. The molecule has 1 aliphatic heterocycles. The molecule has 0 fully saturated rings. The summed E-state index contributed by atoms with van der Waals surface area (Å²) in [6.07, 6.45) is 0.745. The summed E-state index contributed by atoms with van der Waals surface area (Å²) in [7, 11) is 0. The standard InChI is InChI=1S/C18H17N5O2S/c24-17(19-9-8-13-7-4-10-26-13)15-16-18(25)20-14(11-23(16)22-21-15)12-5-2-1-3-6-12/h1-7,10,14H,8-9,11H2,(H,19,24)(H,20,25)/t14-/m1/s1. The van der Waals surface area contributed by atoms with E-state index in [-0.39, 0.29) is 29.2 Å². The first-order valence-corrected chi connectivity index (χ1v) is 9.20. The molecule has 3 aromatic rings. The normalized spacial score (nSPS) is 16.0. The Balaban J connectivity index is 1.46. The smallest absolute Gasteiger partial charge is 0.274 e. The van der Waals surface area contributed by atoms with Crippen molar-refractivity contribution >= 4 is 23.2 Å². The molecule has 2 N–H and O–H groups in total. The molecule has 1 atom stereocenters. The van der Waals surface area contributed by atoms with Crippen LogP contribution in [0.2, 0.25) is 0 Å². The minimum absolute atomic E-state index is 0.0696. The number of carbonyl (C=O) groups excluding carboxylic acids is 2. The van der Waals surface area contributed by atoms with Gasteiger partial charge in [-0.1, -0.05) is 41.6 Å². The molecule has 3 heterocycles. The molecule has 2 aromatic heterocycles. The molecule has 4 rings (SSSR count). The Kier molecular flexibility index (Phi) is 4.49. The number of benzene rings is 1. The minimum Gasteiger partial charge on any atom is -0.350 e. The van der Waals surface area contributed by atoms with Crippen LogP contribution in [0.25, 0.3) is 0 Å². The van der Waals surface area contributed by atoms with Crippen LogP contribution >= 0.6 is 11.3 Å². The highest BCUT2D eigenvalue weighted by atomic mass is 32.1. The lowest BCUT2D eigenvalue weighted by Gasteiger charge is -2.24. The summed E-state index contributed by atoms with van der Waals surface area (Å²) >= 11 is 1.65. The second-order valence-electron chi connectivity index (χ2n) is 5.99. The van der Waals surface area contributed by atoms with Crippen LogP contribution in [0.4, 0.5) is 0 Å². The zero-order chi connectivity index (χ0) is 17.9. The predicted molar refractivity (Wildman–Crippen MR) is 97.0 cm³/mol. The fraction of sp³-hybridized carbons (Fsp3) is 0.222. The van der Waals surface area contributed by atoms with Crippen LogP contribution in [0.3, 0.4) is 0 Å². The van der Waals surface area contributed by atoms with Crippen LogP contribution in [0.5, 0.6) is 0 Å². The van der Waals surface area contributed by atoms with Gasteiger partial charge in [0.1, 0.15) is 0 Å².